The van der Waals surface area contributed by atoms with E-state index in [-0.39, 0.29) is 6.04 Å². The Morgan fingerprint density at radius 3 is 2.12 bits per heavy atom. The van der Waals surface area contributed by atoms with E-state index in [0.29, 0.717) is 22.5 Å². The van der Waals surface area contributed by atoms with Gasteiger partial charge in [-0.25, -0.2) is 0 Å². The lowest BCUT2D eigenvalue weighted by Gasteiger charge is -2.29. The minimum Gasteiger partial charge on any atom is -0.329 e. The molecule has 17 heavy (non-hydrogen) atoms. The molecule has 96 valence electrons. The normalized spacial score (nSPS) is 13.4. The SMILES string of the molecule is CC(C)CN(C)C(CN)c1cc(Cl)cc(Cl)c1. The van der Waals surface area contributed by atoms with E-state index in [1.807, 2.05) is 12.1 Å². The molecule has 0 aromatic heterocycles. The van der Waals surface area contributed by atoms with Gasteiger partial charge < -0.3 is 5.73 Å². The summed E-state index contributed by atoms with van der Waals surface area (Å²) in [4.78, 5) is 2.24. The molecule has 0 radical (unpaired) electrons. The van der Waals surface area contributed by atoms with Crippen molar-refractivity contribution in [1.29, 1.82) is 0 Å². The van der Waals surface area contributed by atoms with Gasteiger partial charge in [0.1, 0.15) is 0 Å². The number of hydrogen-bond donors (Lipinski definition) is 1. The predicted octanol–water partition coefficient (Wildman–Crippen LogP) is 3.58. The first-order valence-electron chi connectivity index (χ1n) is 5.80. The molecule has 0 aliphatic heterocycles. The molecule has 2 nitrogen and oxygen atoms in total. The Labute approximate surface area is 114 Å². The van der Waals surface area contributed by atoms with Gasteiger partial charge in [-0.3, -0.25) is 4.90 Å². The molecule has 2 N–H and O–H groups in total. The molecular weight excluding hydrogens is 255 g/mol. The van der Waals surface area contributed by atoms with Gasteiger partial charge in [0, 0.05) is 29.2 Å². The molecule has 1 aromatic rings. The van der Waals surface area contributed by atoms with Crippen LogP contribution in [-0.2, 0) is 0 Å². The van der Waals surface area contributed by atoms with E-state index in [9.17, 15) is 0 Å². The van der Waals surface area contributed by atoms with Crippen molar-refractivity contribution >= 4 is 23.2 Å². The van der Waals surface area contributed by atoms with Gasteiger partial charge in [-0.2, -0.15) is 0 Å². The minimum absolute atomic E-state index is 0.161. The second kappa shape index (κ2) is 6.60. The zero-order valence-corrected chi connectivity index (χ0v) is 12.1. The van der Waals surface area contributed by atoms with Crippen LogP contribution in [0, 0.1) is 5.92 Å². The number of hydrogen-bond acceptors (Lipinski definition) is 2. The van der Waals surface area contributed by atoms with E-state index in [0.717, 1.165) is 12.1 Å². The number of halogens is 2. The van der Waals surface area contributed by atoms with E-state index in [1.165, 1.54) is 0 Å². The van der Waals surface area contributed by atoms with Crippen molar-refractivity contribution in [3.8, 4) is 0 Å². The van der Waals surface area contributed by atoms with E-state index < -0.39 is 0 Å². The molecule has 4 heteroatoms. The molecule has 0 amide bonds. The maximum atomic E-state index is 6.02. The summed E-state index contributed by atoms with van der Waals surface area (Å²) in [5, 5.41) is 1.31. The van der Waals surface area contributed by atoms with Gasteiger partial charge in [0.25, 0.3) is 0 Å². The Hall–Kier alpha value is -0.280. The fourth-order valence-corrected chi connectivity index (χ4v) is 2.58. The molecule has 0 bridgehead atoms. The first-order valence-corrected chi connectivity index (χ1v) is 6.56. The molecule has 1 atom stereocenters. The van der Waals surface area contributed by atoms with Crippen LogP contribution >= 0.6 is 23.2 Å². The molecule has 0 fully saturated rings. The number of likely N-dealkylation sites (N-methyl/N-ethyl adjacent to an activating group) is 1. The van der Waals surface area contributed by atoms with Crippen LogP contribution in [0.4, 0.5) is 0 Å². The molecule has 0 spiro atoms. The molecule has 0 aliphatic carbocycles. The van der Waals surface area contributed by atoms with Crippen LogP contribution in [-0.4, -0.2) is 25.0 Å². The van der Waals surface area contributed by atoms with Gasteiger partial charge in [-0.05, 0) is 36.7 Å². The van der Waals surface area contributed by atoms with Gasteiger partial charge in [0.15, 0.2) is 0 Å². The van der Waals surface area contributed by atoms with Crippen LogP contribution in [0.5, 0.6) is 0 Å². The summed E-state index contributed by atoms with van der Waals surface area (Å²) in [7, 11) is 2.08. The highest BCUT2D eigenvalue weighted by Crippen LogP contribution is 2.26. The maximum absolute atomic E-state index is 6.02. The highest BCUT2D eigenvalue weighted by atomic mass is 35.5. The van der Waals surface area contributed by atoms with Gasteiger partial charge in [0.2, 0.25) is 0 Å². The lowest BCUT2D eigenvalue weighted by atomic mass is 10.0. The minimum atomic E-state index is 0.161. The fraction of sp³-hybridized carbons (Fsp3) is 0.538. The van der Waals surface area contributed by atoms with Crippen molar-refractivity contribution in [2.45, 2.75) is 19.9 Å². The smallest absolute Gasteiger partial charge is 0.0468 e. The van der Waals surface area contributed by atoms with Crippen LogP contribution in [0.3, 0.4) is 0 Å². The summed E-state index contributed by atoms with van der Waals surface area (Å²) in [5.74, 6) is 0.601. The van der Waals surface area contributed by atoms with Crippen molar-refractivity contribution in [2.24, 2.45) is 11.7 Å². The first-order chi connectivity index (χ1) is 7.93. The molecule has 1 rings (SSSR count). The zero-order chi connectivity index (χ0) is 13.0. The lowest BCUT2D eigenvalue weighted by Crippen LogP contribution is -2.33. The van der Waals surface area contributed by atoms with E-state index in [2.05, 4.69) is 25.8 Å². The number of benzene rings is 1. The standard InChI is InChI=1S/C13H20Cl2N2/c1-9(2)8-17(3)13(7-16)10-4-11(14)6-12(15)5-10/h4-6,9,13H,7-8,16H2,1-3H3. The summed E-state index contributed by atoms with van der Waals surface area (Å²) in [6, 6.07) is 5.76. The number of rotatable bonds is 5. The van der Waals surface area contributed by atoms with Crippen LogP contribution in [0.25, 0.3) is 0 Å². The monoisotopic (exact) mass is 274 g/mol. The Morgan fingerprint density at radius 1 is 1.18 bits per heavy atom. The average Bonchev–Trinajstić information content (AvgIpc) is 2.15. The van der Waals surface area contributed by atoms with Crippen molar-refractivity contribution in [2.75, 3.05) is 20.1 Å². The first kappa shape index (κ1) is 14.8. The third-order valence-corrected chi connectivity index (χ3v) is 3.11. The van der Waals surface area contributed by atoms with Crippen molar-refractivity contribution in [3.63, 3.8) is 0 Å². The summed E-state index contributed by atoms with van der Waals surface area (Å²) in [6.45, 7) is 5.93. The summed E-state index contributed by atoms with van der Waals surface area (Å²) in [5.41, 5.74) is 6.93. The van der Waals surface area contributed by atoms with Gasteiger partial charge >= 0.3 is 0 Å². The largest absolute Gasteiger partial charge is 0.329 e. The lowest BCUT2D eigenvalue weighted by molar-refractivity contribution is 0.224. The van der Waals surface area contributed by atoms with Crippen LogP contribution in [0.15, 0.2) is 18.2 Å². The Balaban J connectivity index is 2.92. The molecule has 0 saturated carbocycles. The molecule has 1 aromatic carbocycles. The molecule has 0 aliphatic rings. The third-order valence-electron chi connectivity index (χ3n) is 2.68. The van der Waals surface area contributed by atoms with E-state index in [1.54, 1.807) is 6.07 Å². The highest BCUT2D eigenvalue weighted by molar-refractivity contribution is 6.34. The average molecular weight is 275 g/mol. The quantitative estimate of drug-likeness (QED) is 0.890. The molecule has 0 saturated heterocycles. The highest BCUT2D eigenvalue weighted by Gasteiger charge is 2.17. The van der Waals surface area contributed by atoms with E-state index >= 15 is 0 Å². The summed E-state index contributed by atoms with van der Waals surface area (Å²) < 4.78 is 0. The van der Waals surface area contributed by atoms with Crippen molar-refractivity contribution in [1.82, 2.24) is 4.90 Å². The fourth-order valence-electron chi connectivity index (χ4n) is 2.04. The Kier molecular flexibility index (Phi) is 5.74. The number of nitrogens with zero attached hydrogens (tertiary/aromatic N) is 1. The summed E-state index contributed by atoms with van der Waals surface area (Å²) in [6.07, 6.45) is 0. The van der Waals surface area contributed by atoms with Gasteiger partial charge in [-0.1, -0.05) is 37.0 Å². The van der Waals surface area contributed by atoms with Crippen LogP contribution in [0.2, 0.25) is 10.0 Å². The summed E-state index contributed by atoms with van der Waals surface area (Å²) >= 11 is 12.0. The zero-order valence-electron chi connectivity index (χ0n) is 10.6. The predicted molar refractivity (Wildman–Crippen MR) is 75.7 cm³/mol. The third kappa shape index (κ3) is 4.47. The van der Waals surface area contributed by atoms with Crippen molar-refractivity contribution in [3.05, 3.63) is 33.8 Å². The molecule has 0 heterocycles. The Morgan fingerprint density at radius 2 is 1.71 bits per heavy atom. The van der Waals surface area contributed by atoms with Gasteiger partial charge in [0.05, 0.1) is 0 Å². The van der Waals surface area contributed by atoms with Crippen LogP contribution in [0.1, 0.15) is 25.5 Å². The second-order valence-electron chi connectivity index (χ2n) is 4.79. The maximum Gasteiger partial charge on any atom is 0.0468 e. The molecular formula is C13H20Cl2N2. The van der Waals surface area contributed by atoms with Crippen molar-refractivity contribution < 1.29 is 0 Å². The second-order valence-corrected chi connectivity index (χ2v) is 5.66. The topological polar surface area (TPSA) is 29.3 Å². The number of nitrogens with two attached hydrogens (primary N) is 1. The van der Waals surface area contributed by atoms with Crippen LogP contribution < -0.4 is 5.73 Å². The van der Waals surface area contributed by atoms with Gasteiger partial charge in [-0.15, -0.1) is 0 Å². The van der Waals surface area contributed by atoms with E-state index in [4.69, 9.17) is 28.9 Å². The Bertz CT molecular complexity index is 346. The molecule has 1 unspecified atom stereocenters.